The topological polar surface area (TPSA) is 47.9 Å². The van der Waals surface area contributed by atoms with Gasteiger partial charge in [-0.15, -0.1) is 0 Å². The number of hydrogen-bond acceptors (Lipinski definition) is 4. The fourth-order valence-electron chi connectivity index (χ4n) is 1.90. The Hall–Kier alpha value is -1.91. The number of aliphatic hydroxyl groups is 1. The number of methoxy groups -OCH3 is 2. The van der Waals surface area contributed by atoms with E-state index in [1.165, 1.54) is 0 Å². The zero-order chi connectivity index (χ0) is 15.2. The fourth-order valence-corrected chi connectivity index (χ4v) is 2.02. The van der Waals surface area contributed by atoms with Crippen molar-refractivity contribution in [3.05, 3.63) is 53.1 Å². The molecule has 0 fully saturated rings. The van der Waals surface area contributed by atoms with Gasteiger partial charge in [-0.2, -0.15) is 0 Å². The van der Waals surface area contributed by atoms with E-state index < -0.39 is 6.10 Å². The summed E-state index contributed by atoms with van der Waals surface area (Å²) in [5.74, 6) is 1.87. The number of hydrogen-bond donors (Lipinski definition) is 1. The largest absolute Gasteiger partial charge is 0.497 e. The number of aliphatic hydroxyl groups excluding tert-OH is 1. The average Bonchev–Trinajstić information content (AvgIpc) is 2.53. The highest BCUT2D eigenvalue weighted by Gasteiger charge is 2.15. The summed E-state index contributed by atoms with van der Waals surface area (Å²) in [6.45, 7) is 0.102. The second kappa shape index (κ2) is 7.20. The average molecular weight is 309 g/mol. The molecule has 0 spiro atoms. The van der Waals surface area contributed by atoms with Gasteiger partial charge >= 0.3 is 0 Å². The van der Waals surface area contributed by atoms with Crippen molar-refractivity contribution in [1.29, 1.82) is 0 Å². The second-order valence-corrected chi connectivity index (χ2v) is 4.83. The summed E-state index contributed by atoms with van der Waals surface area (Å²) < 4.78 is 15.9. The predicted molar refractivity (Wildman–Crippen MR) is 81.5 cm³/mol. The maximum absolute atomic E-state index is 10.3. The molecular formula is C16H17ClO4. The molecule has 1 atom stereocenters. The van der Waals surface area contributed by atoms with Gasteiger partial charge in [0.1, 0.15) is 30.0 Å². The molecule has 4 nitrogen and oxygen atoms in total. The normalized spacial score (nSPS) is 11.8. The van der Waals surface area contributed by atoms with Crippen molar-refractivity contribution in [2.45, 2.75) is 6.10 Å². The second-order valence-electron chi connectivity index (χ2n) is 4.39. The number of benzene rings is 2. The minimum absolute atomic E-state index is 0.102. The first-order chi connectivity index (χ1) is 10.1. The van der Waals surface area contributed by atoms with Crippen LogP contribution in [0, 0.1) is 0 Å². The van der Waals surface area contributed by atoms with Crippen LogP contribution in [0.1, 0.15) is 11.7 Å². The van der Waals surface area contributed by atoms with E-state index in [9.17, 15) is 5.11 Å². The summed E-state index contributed by atoms with van der Waals surface area (Å²) >= 11 is 5.81. The van der Waals surface area contributed by atoms with Crippen molar-refractivity contribution < 1.29 is 19.3 Å². The monoisotopic (exact) mass is 308 g/mol. The summed E-state index contributed by atoms with van der Waals surface area (Å²) in [6, 6.07) is 12.2. The van der Waals surface area contributed by atoms with Crippen LogP contribution in [0.3, 0.4) is 0 Å². The SMILES string of the molecule is COc1ccc(OC)c(C(O)COc2ccc(Cl)cc2)c1. The maximum atomic E-state index is 10.3. The van der Waals surface area contributed by atoms with Crippen LogP contribution in [-0.2, 0) is 0 Å². The van der Waals surface area contributed by atoms with Gasteiger partial charge in [-0.25, -0.2) is 0 Å². The van der Waals surface area contributed by atoms with E-state index in [1.807, 2.05) is 0 Å². The third-order valence-electron chi connectivity index (χ3n) is 3.02. The Labute approximate surface area is 128 Å². The van der Waals surface area contributed by atoms with E-state index in [0.717, 1.165) is 0 Å². The minimum atomic E-state index is -0.828. The molecule has 0 aromatic heterocycles. The molecule has 0 saturated heterocycles. The molecule has 112 valence electrons. The van der Waals surface area contributed by atoms with E-state index in [-0.39, 0.29) is 6.61 Å². The van der Waals surface area contributed by atoms with Crippen LogP contribution in [0.4, 0.5) is 0 Å². The summed E-state index contributed by atoms with van der Waals surface area (Å²) in [5.41, 5.74) is 0.616. The van der Waals surface area contributed by atoms with Crippen molar-refractivity contribution in [1.82, 2.24) is 0 Å². The highest BCUT2D eigenvalue weighted by Crippen LogP contribution is 2.30. The van der Waals surface area contributed by atoms with Gasteiger partial charge in [-0.3, -0.25) is 0 Å². The molecule has 0 aliphatic carbocycles. The van der Waals surface area contributed by atoms with Crippen molar-refractivity contribution in [3.8, 4) is 17.2 Å². The van der Waals surface area contributed by atoms with Crippen molar-refractivity contribution >= 4 is 11.6 Å². The van der Waals surface area contributed by atoms with Crippen LogP contribution in [0.25, 0.3) is 0 Å². The standard InChI is InChI=1S/C16H17ClO4/c1-19-13-7-8-16(20-2)14(9-13)15(18)10-21-12-5-3-11(17)4-6-12/h3-9,15,18H,10H2,1-2H3. The summed E-state index contributed by atoms with van der Waals surface area (Å²) in [4.78, 5) is 0. The molecule has 1 N–H and O–H groups in total. The highest BCUT2D eigenvalue weighted by molar-refractivity contribution is 6.30. The van der Waals surface area contributed by atoms with Gasteiger partial charge in [-0.1, -0.05) is 11.6 Å². The molecule has 0 radical (unpaired) electrons. The maximum Gasteiger partial charge on any atom is 0.125 e. The molecule has 0 aliphatic rings. The van der Waals surface area contributed by atoms with Gasteiger partial charge in [0.05, 0.1) is 14.2 Å². The van der Waals surface area contributed by atoms with Gasteiger partial charge in [0.25, 0.3) is 0 Å². The first-order valence-electron chi connectivity index (χ1n) is 6.42. The van der Waals surface area contributed by atoms with Gasteiger partial charge in [-0.05, 0) is 42.5 Å². The van der Waals surface area contributed by atoms with Crippen molar-refractivity contribution in [2.75, 3.05) is 20.8 Å². The molecule has 1 unspecified atom stereocenters. The van der Waals surface area contributed by atoms with Gasteiger partial charge in [0.15, 0.2) is 0 Å². The van der Waals surface area contributed by atoms with Gasteiger partial charge in [0.2, 0.25) is 0 Å². The Bertz CT molecular complexity index is 583. The Kier molecular flexibility index (Phi) is 5.31. The highest BCUT2D eigenvalue weighted by atomic mass is 35.5. The zero-order valence-corrected chi connectivity index (χ0v) is 12.6. The molecule has 0 heterocycles. The van der Waals surface area contributed by atoms with E-state index >= 15 is 0 Å². The number of halogens is 1. The number of ether oxygens (including phenoxy) is 3. The van der Waals surface area contributed by atoms with Crippen molar-refractivity contribution in [2.24, 2.45) is 0 Å². The Balaban J connectivity index is 2.08. The first kappa shape index (κ1) is 15.5. The molecular weight excluding hydrogens is 292 g/mol. The van der Waals surface area contributed by atoms with E-state index in [1.54, 1.807) is 56.7 Å². The predicted octanol–water partition coefficient (Wildman–Crippen LogP) is 3.47. The third-order valence-corrected chi connectivity index (χ3v) is 3.27. The first-order valence-corrected chi connectivity index (χ1v) is 6.80. The zero-order valence-electron chi connectivity index (χ0n) is 11.9. The van der Waals surface area contributed by atoms with E-state index in [0.29, 0.717) is 27.8 Å². The van der Waals surface area contributed by atoms with E-state index in [2.05, 4.69) is 0 Å². The molecule has 2 rings (SSSR count). The van der Waals surface area contributed by atoms with Crippen LogP contribution in [0.15, 0.2) is 42.5 Å². The van der Waals surface area contributed by atoms with Crippen LogP contribution < -0.4 is 14.2 Å². The van der Waals surface area contributed by atoms with Crippen molar-refractivity contribution in [3.63, 3.8) is 0 Å². The Morgan fingerprint density at radius 2 is 1.67 bits per heavy atom. The van der Waals surface area contributed by atoms with Crippen LogP contribution in [0.5, 0.6) is 17.2 Å². The Morgan fingerprint density at radius 1 is 1.00 bits per heavy atom. The lowest BCUT2D eigenvalue weighted by molar-refractivity contribution is 0.105. The lowest BCUT2D eigenvalue weighted by atomic mass is 10.1. The molecule has 5 heteroatoms. The quantitative estimate of drug-likeness (QED) is 0.887. The van der Waals surface area contributed by atoms with Crippen LogP contribution in [0.2, 0.25) is 5.02 Å². The summed E-state index contributed by atoms with van der Waals surface area (Å²) in [5, 5.41) is 10.9. The minimum Gasteiger partial charge on any atom is -0.497 e. The summed E-state index contributed by atoms with van der Waals surface area (Å²) in [7, 11) is 3.13. The smallest absolute Gasteiger partial charge is 0.125 e. The number of rotatable bonds is 6. The molecule has 2 aromatic rings. The molecule has 0 aliphatic heterocycles. The van der Waals surface area contributed by atoms with E-state index in [4.69, 9.17) is 25.8 Å². The van der Waals surface area contributed by atoms with Gasteiger partial charge < -0.3 is 19.3 Å². The Morgan fingerprint density at radius 3 is 2.29 bits per heavy atom. The molecule has 0 bridgehead atoms. The molecule has 0 amide bonds. The summed E-state index contributed by atoms with van der Waals surface area (Å²) in [6.07, 6.45) is -0.828. The lowest BCUT2D eigenvalue weighted by Crippen LogP contribution is -2.11. The van der Waals surface area contributed by atoms with Crippen LogP contribution in [-0.4, -0.2) is 25.9 Å². The molecule has 2 aromatic carbocycles. The van der Waals surface area contributed by atoms with Gasteiger partial charge in [0, 0.05) is 10.6 Å². The fraction of sp³-hybridized carbons (Fsp3) is 0.250. The molecule has 21 heavy (non-hydrogen) atoms. The van der Waals surface area contributed by atoms with Crippen LogP contribution >= 0.6 is 11.6 Å². The third kappa shape index (κ3) is 4.03. The molecule has 0 saturated carbocycles. The lowest BCUT2D eigenvalue weighted by Gasteiger charge is -2.16.